The Balaban J connectivity index is 2.47. The Bertz CT molecular complexity index is 422. The summed E-state index contributed by atoms with van der Waals surface area (Å²) in [6, 6.07) is 4.68. The summed E-state index contributed by atoms with van der Waals surface area (Å²) < 4.78 is 0. The average molecular weight is 241 g/mol. The Hall–Kier alpha value is -1.22. The lowest BCUT2D eigenvalue weighted by Gasteiger charge is -2.24. The maximum Gasteiger partial charge on any atom is 0.314 e. The average Bonchev–Trinajstić information content (AvgIpc) is 2.72. The highest BCUT2D eigenvalue weighted by Crippen LogP contribution is 2.43. The van der Waals surface area contributed by atoms with E-state index >= 15 is 0 Å². The molecule has 0 radical (unpaired) electrons. The van der Waals surface area contributed by atoms with Crippen molar-refractivity contribution in [3.63, 3.8) is 0 Å². The maximum atomic E-state index is 11.4. The molecule has 2 N–H and O–H groups in total. The molecule has 0 spiro atoms. The highest BCUT2D eigenvalue weighted by Gasteiger charge is 2.43. The number of aliphatic carboxylic acids is 1. The van der Waals surface area contributed by atoms with Crippen LogP contribution >= 0.6 is 11.6 Å². The Morgan fingerprint density at radius 1 is 1.31 bits per heavy atom. The lowest BCUT2D eigenvalue weighted by molar-refractivity contribution is -0.143. The number of halogens is 1. The minimum Gasteiger partial charge on any atom is -0.506 e. The zero-order valence-corrected chi connectivity index (χ0v) is 9.50. The largest absolute Gasteiger partial charge is 0.506 e. The zero-order chi connectivity index (χ0) is 11.8. The number of carbonyl (C=O) groups is 1. The van der Waals surface area contributed by atoms with Gasteiger partial charge in [0.2, 0.25) is 0 Å². The van der Waals surface area contributed by atoms with Gasteiger partial charge in [-0.1, -0.05) is 30.5 Å². The van der Waals surface area contributed by atoms with Gasteiger partial charge in [0.1, 0.15) is 5.75 Å². The van der Waals surface area contributed by atoms with Crippen LogP contribution in [0.5, 0.6) is 5.75 Å². The first-order chi connectivity index (χ1) is 7.56. The number of rotatable bonds is 2. The van der Waals surface area contributed by atoms with E-state index in [0.29, 0.717) is 18.4 Å². The zero-order valence-electron chi connectivity index (χ0n) is 8.74. The standard InChI is InChI=1S/C12H13ClO3/c13-9-7-8(3-4-10(9)14)12(11(15)16)5-1-2-6-12/h3-4,7,14H,1-2,5-6H2,(H,15,16). The summed E-state index contributed by atoms with van der Waals surface area (Å²) in [7, 11) is 0. The van der Waals surface area contributed by atoms with Crippen molar-refractivity contribution >= 4 is 17.6 Å². The third kappa shape index (κ3) is 1.65. The second-order valence-electron chi connectivity index (χ2n) is 4.26. The van der Waals surface area contributed by atoms with Crippen molar-refractivity contribution in [2.75, 3.05) is 0 Å². The molecule has 1 aliphatic carbocycles. The van der Waals surface area contributed by atoms with Crippen LogP contribution in [0.2, 0.25) is 5.02 Å². The van der Waals surface area contributed by atoms with Crippen molar-refractivity contribution in [3.05, 3.63) is 28.8 Å². The predicted octanol–water partition coefficient (Wildman–Crippen LogP) is 2.94. The van der Waals surface area contributed by atoms with Gasteiger partial charge in [-0.25, -0.2) is 0 Å². The molecule has 0 aliphatic heterocycles. The Morgan fingerprint density at radius 2 is 1.94 bits per heavy atom. The second kappa shape index (κ2) is 3.98. The van der Waals surface area contributed by atoms with Gasteiger partial charge in [0.15, 0.2) is 0 Å². The molecule has 2 rings (SSSR count). The molecular weight excluding hydrogens is 228 g/mol. The first kappa shape index (κ1) is 11.3. The summed E-state index contributed by atoms with van der Waals surface area (Å²) in [5.41, 5.74) is -0.113. The van der Waals surface area contributed by atoms with Crippen molar-refractivity contribution < 1.29 is 15.0 Å². The molecule has 3 nitrogen and oxygen atoms in total. The van der Waals surface area contributed by atoms with Gasteiger partial charge in [0.25, 0.3) is 0 Å². The molecule has 0 amide bonds. The number of phenols is 1. The van der Waals surface area contributed by atoms with Crippen molar-refractivity contribution in [3.8, 4) is 5.75 Å². The summed E-state index contributed by atoms with van der Waals surface area (Å²) in [6.07, 6.45) is 3.13. The molecule has 0 bridgehead atoms. The normalized spacial score (nSPS) is 18.6. The van der Waals surface area contributed by atoms with Gasteiger partial charge in [-0.3, -0.25) is 4.79 Å². The summed E-state index contributed by atoms with van der Waals surface area (Å²) in [5, 5.41) is 18.9. The van der Waals surface area contributed by atoms with E-state index in [4.69, 9.17) is 11.6 Å². The van der Waals surface area contributed by atoms with Crippen LogP contribution in [0.4, 0.5) is 0 Å². The number of carboxylic acid groups (broad SMARTS) is 1. The minimum absolute atomic E-state index is 0.0102. The van der Waals surface area contributed by atoms with E-state index < -0.39 is 11.4 Å². The monoisotopic (exact) mass is 240 g/mol. The quantitative estimate of drug-likeness (QED) is 0.836. The van der Waals surface area contributed by atoms with Gasteiger partial charge < -0.3 is 10.2 Å². The molecule has 1 aromatic rings. The SMILES string of the molecule is O=C(O)C1(c2ccc(O)c(Cl)c2)CCCC1. The summed E-state index contributed by atoms with van der Waals surface area (Å²) >= 11 is 5.82. The molecule has 1 aromatic carbocycles. The van der Waals surface area contributed by atoms with Gasteiger partial charge in [0.05, 0.1) is 10.4 Å². The molecule has 86 valence electrons. The maximum absolute atomic E-state index is 11.4. The molecule has 0 aromatic heterocycles. The van der Waals surface area contributed by atoms with Crippen molar-refractivity contribution in [1.82, 2.24) is 0 Å². The lowest BCUT2D eigenvalue weighted by Crippen LogP contribution is -2.32. The van der Waals surface area contributed by atoms with E-state index in [9.17, 15) is 15.0 Å². The number of phenolic OH excluding ortho intramolecular Hbond substituents is 1. The number of benzene rings is 1. The lowest BCUT2D eigenvalue weighted by atomic mass is 9.79. The predicted molar refractivity (Wildman–Crippen MR) is 60.9 cm³/mol. The molecule has 0 atom stereocenters. The molecule has 1 saturated carbocycles. The van der Waals surface area contributed by atoms with Gasteiger partial charge in [-0.05, 0) is 30.5 Å². The van der Waals surface area contributed by atoms with Crippen molar-refractivity contribution in [2.24, 2.45) is 0 Å². The van der Waals surface area contributed by atoms with E-state index in [0.717, 1.165) is 12.8 Å². The molecule has 0 heterocycles. The van der Waals surface area contributed by atoms with Crippen molar-refractivity contribution in [1.29, 1.82) is 0 Å². The molecule has 0 saturated heterocycles. The second-order valence-corrected chi connectivity index (χ2v) is 4.67. The Labute approximate surface area is 98.7 Å². The van der Waals surface area contributed by atoms with Crippen LogP contribution in [0.3, 0.4) is 0 Å². The molecular formula is C12H13ClO3. The Morgan fingerprint density at radius 3 is 2.44 bits per heavy atom. The van der Waals surface area contributed by atoms with Crippen LogP contribution in [-0.4, -0.2) is 16.2 Å². The fourth-order valence-corrected chi connectivity index (χ4v) is 2.59. The smallest absolute Gasteiger partial charge is 0.314 e. The van der Waals surface area contributed by atoms with Crippen molar-refractivity contribution in [2.45, 2.75) is 31.1 Å². The fourth-order valence-electron chi connectivity index (χ4n) is 2.41. The van der Waals surface area contributed by atoms with E-state index in [1.165, 1.54) is 6.07 Å². The van der Waals surface area contributed by atoms with Crippen LogP contribution in [0.1, 0.15) is 31.2 Å². The van der Waals surface area contributed by atoms with E-state index in [-0.39, 0.29) is 10.8 Å². The van der Waals surface area contributed by atoms with Gasteiger partial charge >= 0.3 is 5.97 Å². The van der Waals surface area contributed by atoms with Crippen LogP contribution in [0.25, 0.3) is 0 Å². The molecule has 0 unspecified atom stereocenters. The Kier molecular flexibility index (Phi) is 2.80. The van der Waals surface area contributed by atoms with E-state index in [1.807, 2.05) is 0 Å². The first-order valence-corrected chi connectivity index (χ1v) is 5.66. The third-order valence-electron chi connectivity index (χ3n) is 3.37. The topological polar surface area (TPSA) is 57.5 Å². The van der Waals surface area contributed by atoms with Crippen LogP contribution < -0.4 is 0 Å². The number of hydrogen-bond acceptors (Lipinski definition) is 2. The molecule has 16 heavy (non-hydrogen) atoms. The molecule has 4 heteroatoms. The van der Waals surface area contributed by atoms with Crippen LogP contribution in [0, 0.1) is 0 Å². The van der Waals surface area contributed by atoms with Gasteiger partial charge in [0, 0.05) is 0 Å². The number of carboxylic acids is 1. The van der Waals surface area contributed by atoms with Gasteiger partial charge in [-0.15, -0.1) is 0 Å². The fraction of sp³-hybridized carbons (Fsp3) is 0.417. The number of hydrogen-bond donors (Lipinski definition) is 2. The molecule has 1 fully saturated rings. The highest BCUT2D eigenvalue weighted by molar-refractivity contribution is 6.32. The highest BCUT2D eigenvalue weighted by atomic mass is 35.5. The van der Waals surface area contributed by atoms with E-state index in [1.54, 1.807) is 12.1 Å². The third-order valence-corrected chi connectivity index (χ3v) is 3.67. The van der Waals surface area contributed by atoms with E-state index in [2.05, 4.69) is 0 Å². The summed E-state index contributed by atoms with van der Waals surface area (Å²) in [5.74, 6) is -0.810. The van der Waals surface area contributed by atoms with Crippen LogP contribution in [0.15, 0.2) is 18.2 Å². The molecule has 1 aliphatic rings. The van der Waals surface area contributed by atoms with Gasteiger partial charge in [-0.2, -0.15) is 0 Å². The number of aromatic hydroxyl groups is 1. The summed E-state index contributed by atoms with van der Waals surface area (Å²) in [4.78, 5) is 11.4. The summed E-state index contributed by atoms with van der Waals surface area (Å²) in [6.45, 7) is 0. The minimum atomic E-state index is -0.808. The first-order valence-electron chi connectivity index (χ1n) is 5.29. The van der Waals surface area contributed by atoms with Crippen LogP contribution in [-0.2, 0) is 10.2 Å².